The molecule has 1 saturated heterocycles. The zero-order valence-electron chi connectivity index (χ0n) is 15.1. The normalized spacial score (nSPS) is 17.6. The largest absolute Gasteiger partial charge is 0.372 e. The summed E-state index contributed by atoms with van der Waals surface area (Å²) in [5.41, 5.74) is 4.99. The minimum Gasteiger partial charge on any atom is -0.372 e. The first-order valence-electron chi connectivity index (χ1n) is 9.33. The van der Waals surface area contributed by atoms with Gasteiger partial charge in [-0.05, 0) is 62.3 Å². The first-order valence-corrected chi connectivity index (χ1v) is 9.33. The molecule has 2 aromatic rings. The molecule has 1 aromatic carbocycles. The molecule has 1 N–H and O–H groups in total. The van der Waals surface area contributed by atoms with Crippen LogP contribution in [-0.2, 0) is 19.9 Å². The van der Waals surface area contributed by atoms with Crippen molar-refractivity contribution in [3.05, 3.63) is 41.2 Å². The summed E-state index contributed by atoms with van der Waals surface area (Å²) >= 11 is 0. The van der Waals surface area contributed by atoms with E-state index in [9.17, 15) is 4.79 Å². The summed E-state index contributed by atoms with van der Waals surface area (Å²) in [6.45, 7) is 4.56. The van der Waals surface area contributed by atoms with Gasteiger partial charge < -0.3 is 10.2 Å². The molecule has 1 aliphatic heterocycles. The lowest BCUT2D eigenvalue weighted by Crippen LogP contribution is -2.32. The third kappa shape index (κ3) is 3.15. The van der Waals surface area contributed by atoms with E-state index in [0.29, 0.717) is 5.69 Å². The first kappa shape index (κ1) is 16.2. The van der Waals surface area contributed by atoms with Crippen LogP contribution in [0.5, 0.6) is 0 Å². The lowest BCUT2D eigenvalue weighted by Gasteiger charge is -2.32. The van der Waals surface area contributed by atoms with E-state index in [1.165, 1.54) is 24.2 Å². The van der Waals surface area contributed by atoms with Gasteiger partial charge in [0.25, 0.3) is 5.91 Å². The Morgan fingerprint density at radius 1 is 1.16 bits per heavy atom. The molecule has 25 heavy (non-hydrogen) atoms. The van der Waals surface area contributed by atoms with Gasteiger partial charge in [-0.3, -0.25) is 9.48 Å². The van der Waals surface area contributed by atoms with Crippen molar-refractivity contribution in [2.24, 2.45) is 13.0 Å². The molecule has 5 nitrogen and oxygen atoms in total. The Hall–Kier alpha value is -2.30. The molecule has 1 amide bonds. The maximum Gasteiger partial charge on any atom is 0.276 e. The van der Waals surface area contributed by atoms with Crippen molar-refractivity contribution in [2.45, 2.75) is 39.0 Å². The number of benzene rings is 1. The molecular weight excluding hydrogens is 312 g/mol. The number of carbonyl (C=O) groups excluding carboxylic acids is 1. The number of anilines is 2. The number of aromatic nitrogens is 2. The Morgan fingerprint density at radius 2 is 1.88 bits per heavy atom. The Labute approximate surface area is 149 Å². The van der Waals surface area contributed by atoms with Gasteiger partial charge in [-0.1, -0.05) is 6.92 Å². The molecule has 0 radical (unpaired) electrons. The summed E-state index contributed by atoms with van der Waals surface area (Å²) in [5.74, 6) is 0.730. The maximum atomic E-state index is 12.6. The average molecular weight is 338 g/mol. The predicted octanol–water partition coefficient (Wildman–Crippen LogP) is 3.40. The molecule has 0 spiro atoms. The third-order valence-electron chi connectivity index (χ3n) is 5.60. The second-order valence-electron chi connectivity index (χ2n) is 7.42. The summed E-state index contributed by atoms with van der Waals surface area (Å²) in [5, 5.41) is 7.43. The number of fused-ring (bicyclic) bond motifs is 1. The van der Waals surface area contributed by atoms with Crippen LogP contribution in [0.4, 0.5) is 11.4 Å². The number of aryl methyl sites for hydroxylation is 1. The molecule has 1 aliphatic carbocycles. The van der Waals surface area contributed by atoms with Crippen LogP contribution in [0.1, 0.15) is 47.9 Å². The van der Waals surface area contributed by atoms with Gasteiger partial charge in [-0.15, -0.1) is 0 Å². The summed E-state index contributed by atoms with van der Waals surface area (Å²) < 4.78 is 1.86. The predicted molar refractivity (Wildman–Crippen MR) is 100 cm³/mol. The number of amides is 1. The van der Waals surface area contributed by atoms with Crippen LogP contribution in [0.25, 0.3) is 0 Å². The number of nitrogens with zero attached hydrogens (tertiary/aromatic N) is 3. The molecule has 0 atom stereocenters. The van der Waals surface area contributed by atoms with Crippen molar-refractivity contribution in [2.75, 3.05) is 23.3 Å². The molecule has 1 aromatic heterocycles. The highest BCUT2D eigenvalue weighted by Gasteiger charge is 2.25. The van der Waals surface area contributed by atoms with E-state index in [-0.39, 0.29) is 5.91 Å². The molecule has 1 fully saturated rings. The number of nitrogens with one attached hydrogen (secondary N) is 1. The van der Waals surface area contributed by atoms with Crippen molar-refractivity contribution in [3.63, 3.8) is 0 Å². The average Bonchev–Trinajstić information content (AvgIpc) is 3.21. The summed E-state index contributed by atoms with van der Waals surface area (Å²) in [4.78, 5) is 15.0. The van der Waals surface area contributed by atoms with E-state index in [1.807, 2.05) is 23.9 Å². The van der Waals surface area contributed by atoms with E-state index in [0.717, 1.165) is 49.5 Å². The fourth-order valence-corrected chi connectivity index (χ4v) is 4.01. The summed E-state index contributed by atoms with van der Waals surface area (Å²) in [7, 11) is 1.93. The monoisotopic (exact) mass is 338 g/mol. The van der Waals surface area contributed by atoms with Gasteiger partial charge in [0.05, 0.1) is 0 Å². The molecule has 0 unspecified atom stereocenters. The zero-order chi connectivity index (χ0) is 17.4. The van der Waals surface area contributed by atoms with Gasteiger partial charge in [-0.2, -0.15) is 5.10 Å². The second-order valence-corrected chi connectivity index (χ2v) is 7.42. The van der Waals surface area contributed by atoms with Crippen molar-refractivity contribution in [3.8, 4) is 0 Å². The lowest BCUT2D eigenvalue weighted by molar-refractivity contribution is 0.102. The van der Waals surface area contributed by atoms with Crippen LogP contribution >= 0.6 is 0 Å². The van der Waals surface area contributed by atoms with Gasteiger partial charge in [0, 0.05) is 42.8 Å². The van der Waals surface area contributed by atoms with Crippen molar-refractivity contribution in [1.29, 1.82) is 0 Å². The first-order chi connectivity index (χ1) is 12.1. The zero-order valence-corrected chi connectivity index (χ0v) is 15.1. The van der Waals surface area contributed by atoms with E-state index in [4.69, 9.17) is 0 Å². The molecule has 5 heteroatoms. The number of piperidine rings is 1. The van der Waals surface area contributed by atoms with Crippen LogP contribution in [0.2, 0.25) is 0 Å². The van der Waals surface area contributed by atoms with Crippen LogP contribution in [0.3, 0.4) is 0 Å². The quantitative estimate of drug-likeness (QED) is 0.933. The molecule has 4 rings (SSSR count). The van der Waals surface area contributed by atoms with E-state index >= 15 is 0 Å². The Balaban J connectivity index is 1.45. The number of carbonyl (C=O) groups is 1. The van der Waals surface area contributed by atoms with Crippen LogP contribution < -0.4 is 10.2 Å². The van der Waals surface area contributed by atoms with E-state index < -0.39 is 0 Å². The Kier molecular flexibility index (Phi) is 4.24. The summed E-state index contributed by atoms with van der Waals surface area (Å²) in [6, 6.07) is 8.20. The fourth-order valence-electron chi connectivity index (χ4n) is 4.01. The molecular formula is C20H26N4O. The molecule has 0 bridgehead atoms. The highest BCUT2D eigenvalue weighted by atomic mass is 16.2. The molecule has 2 aliphatic rings. The van der Waals surface area contributed by atoms with E-state index in [1.54, 1.807) is 0 Å². The number of hydrogen-bond acceptors (Lipinski definition) is 3. The molecule has 0 saturated carbocycles. The minimum atomic E-state index is -0.0988. The minimum absolute atomic E-state index is 0.0988. The Morgan fingerprint density at radius 3 is 2.60 bits per heavy atom. The van der Waals surface area contributed by atoms with Crippen LogP contribution in [-0.4, -0.2) is 28.8 Å². The SMILES string of the molecule is CC1CCN(c2ccc(NC(=O)c3nn(C)c4c3CCC4)cc2)CC1. The summed E-state index contributed by atoms with van der Waals surface area (Å²) in [6.07, 6.45) is 5.60. The van der Waals surface area contributed by atoms with Crippen molar-refractivity contribution < 1.29 is 4.79 Å². The van der Waals surface area contributed by atoms with Gasteiger partial charge in [0.1, 0.15) is 0 Å². The number of hydrogen-bond donors (Lipinski definition) is 1. The van der Waals surface area contributed by atoms with Gasteiger partial charge in [-0.25, -0.2) is 0 Å². The van der Waals surface area contributed by atoms with Gasteiger partial charge in [0.15, 0.2) is 5.69 Å². The molecule has 132 valence electrons. The van der Waals surface area contributed by atoms with Crippen molar-refractivity contribution in [1.82, 2.24) is 9.78 Å². The fraction of sp³-hybridized carbons (Fsp3) is 0.500. The third-order valence-corrected chi connectivity index (χ3v) is 5.60. The van der Waals surface area contributed by atoms with E-state index in [2.05, 4.69) is 34.4 Å². The second kappa shape index (κ2) is 6.54. The topological polar surface area (TPSA) is 50.2 Å². The number of rotatable bonds is 3. The smallest absolute Gasteiger partial charge is 0.276 e. The lowest BCUT2D eigenvalue weighted by atomic mass is 9.99. The highest BCUT2D eigenvalue weighted by molar-refractivity contribution is 6.04. The molecule has 2 heterocycles. The van der Waals surface area contributed by atoms with Gasteiger partial charge >= 0.3 is 0 Å². The van der Waals surface area contributed by atoms with Crippen molar-refractivity contribution >= 4 is 17.3 Å². The van der Waals surface area contributed by atoms with Crippen LogP contribution in [0, 0.1) is 5.92 Å². The highest BCUT2D eigenvalue weighted by Crippen LogP contribution is 2.27. The van der Waals surface area contributed by atoms with Gasteiger partial charge in [0.2, 0.25) is 0 Å². The maximum absolute atomic E-state index is 12.6. The standard InChI is InChI=1S/C20H26N4O/c1-14-10-12-24(13-11-14)16-8-6-15(7-9-16)21-20(25)19-17-4-3-5-18(17)23(2)22-19/h6-9,14H,3-5,10-13H2,1-2H3,(H,21,25). The Bertz CT molecular complexity index is 770. The van der Waals surface area contributed by atoms with Crippen LogP contribution in [0.15, 0.2) is 24.3 Å².